The minimum absolute atomic E-state index is 0.000843. The van der Waals surface area contributed by atoms with Crippen LogP contribution in [0.15, 0.2) is 36.7 Å². The number of nitrogens with zero attached hydrogens (tertiary/aromatic N) is 4. The molecular formula is C18H24N4O2. The highest BCUT2D eigenvalue weighted by Gasteiger charge is 2.22. The van der Waals surface area contributed by atoms with Crippen LogP contribution >= 0.6 is 0 Å². The molecule has 0 saturated carbocycles. The van der Waals surface area contributed by atoms with Crippen molar-refractivity contribution in [1.82, 2.24) is 19.6 Å². The molecule has 1 aliphatic heterocycles. The summed E-state index contributed by atoms with van der Waals surface area (Å²) in [5, 5.41) is 13.7. The third-order valence-corrected chi connectivity index (χ3v) is 4.45. The summed E-state index contributed by atoms with van der Waals surface area (Å²) < 4.78 is 1.83. The van der Waals surface area contributed by atoms with Crippen LogP contribution in [0.1, 0.15) is 22.3 Å². The van der Waals surface area contributed by atoms with Crippen LogP contribution in [0, 0.1) is 0 Å². The Kier molecular flexibility index (Phi) is 5.15. The highest BCUT2D eigenvalue weighted by atomic mass is 16.3. The van der Waals surface area contributed by atoms with Crippen LogP contribution in [0.2, 0.25) is 0 Å². The summed E-state index contributed by atoms with van der Waals surface area (Å²) in [4.78, 5) is 16.7. The van der Waals surface area contributed by atoms with Gasteiger partial charge in [-0.25, -0.2) is 0 Å². The first-order valence-corrected chi connectivity index (χ1v) is 8.40. The van der Waals surface area contributed by atoms with E-state index in [1.54, 1.807) is 18.2 Å². The molecule has 3 rings (SSSR count). The Morgan fingerprint density at radius 1 is 1.25 bits per heavy atom. The number of rotatable bonds is 5. The molecule has 0 atom stereocenters. The molecule has 2 aromatic rings. The molecule has 1 N–H and O–H groups in total. The molecule has 1 aliphatic rings. The van der Waals surface area contributed by atoms with E-state index in [1.165, 1.54) is 11.6 Å². The van der Waals surface area contributed by atoms with Gasteiger partial charge in [0, 0.05) is 45.0 Å². The van der Waals surface area contributed by atoms with Crippen LogP contribution < -0.4 is 0 Å². The van der Waals surface area contributed by atoms with Crippen LogP contribution in [0.25, 0.3) is 0 Å². The van der Waals surface area contributed by atoms with Gasteiger partial charge in [0.25, 0.3) is 5.91 Å². The highest BCUT2D eigenvalue weighted by molar-refractivity contribution is 5.94. The number of aryl methyl sites for hydroxylation is 2. The van der Waals surface area contributed by atoms with Gasteiger partial charge in [0.2, 0.25) is 0 Å². The van der Waals surface area contributed by atoms with Crippen molar-refractivity contribution < 1.29 is 9.90 Å². The number of amides is 1. The Hall–Kier alpha value is -2.34. The van der Waals surface area contributed by atoms with Crippen molar-refractivity contribution in [3.63, 3.8) is 0 Å². The number of hydrogen-bond donors (Lipinski definition) is 1. The maximum absolute atomic E-state index is 12.4. The van der Waals surface area contributed by atoms with E-state index in [1.807, 2.05) is 22.8 Å². The molecule has 128 valence electrons. The predicted molar refractivity (Wildman–Crippen MR) is 92.0 cm³/mol. The number of piperazine rings is 1. The minimum atomic E-state index is 0.000843. The van der Waals surface area contributed by atoms with E-state index in [0.717, 1.165) is 45.6 Å². The molecule has 24 heavy (non-hydrogen) atoms. The molecule has 0 spiro atoms. The summed E-state index contributed by atoms with van der Waals surface area (Å²) in [5.41, 5.74) is 1.83. The van der Waals surface area contributed by atoms with E-state index in [9.17, 15) is 9.90 Å². The van der Waals surface area contributed by atoms with E-state index in [-0.39, 0.29) is 11.7 Å². The molecule has 1 aromatic heterocycles. The summed E-state index contributed by atoms with van der Waals surface area (Å²) >= 11 is 0. The fraction of sp³-hybridized carbons (Fsp3) is 0.444. The van der Waals surface area contributed by atoms with E-state index in [4.69, 9.17) is 0 Å². The lowest BCUT2D eigenvalue weighted by atomic mass is 10.1. The first-order chi connectivity index (χ1) is 11.6. The Labute approximate surface area is 142 Å². The topological polar surface area (TPSA) is 61.6 Å². The van der Waals surface area contributed by atoms with Crippen molar-refractivity contribution in [1.29, 1.82) is 0 Å². The lowest BCUT2D eigenvalue weighted by Crippen LogP contribution is -2.48. The van der Waals surface area contributed by atoms with Crippen molar-refractivity contribution in [3.05, 3.63) is 47.8 Å². The van der Waals surface area contributed by atoms with Crippen LogP contribution in [0.5, 0.6) is 5.75 Å². The van der Waals surface area contributed by atoms with E-state index in [0.29, 0.717) is 5.56 Å². The number of hydrogen-bond acceptors (Lipinski definition) is 4. The summed E-state index contributed by atoms with van der Waals surface area (Å²) in [6, 6.07) is 6.57. The van der Waals surface area contributed by atoms with Gasteiger partial charge in [0.1, 0.15) is 5.75 Å². The van der Waals surface area contributed by atoms with Crippen molar-refractivity contribution >= 4 is 5.91 Å². The normalized spacial score (nSPS) is 15.6. The smallest absolute Gasteiger partial charge is 0.254 e. The maximum Gasteiger partial charge on any atom is 0.254 e. The van der Waals surface area contributed by atoms with Gasteiger partial charge in [0.15, 0.2) is 0 Å². The van der Waals surface area contributed by atoms with Crippen molar-refractivity contribution in [2.24, 2.45) is 7.05 Å². The average molecular weight is 328 g/mol. The molecule has 0 unspecified atom stereocenters. The molecule has 0 radical (unpaired) electrons. The van der Waals surface area contributed by atoms with Crippen LogP contribution in [-0.2, 0) is 13.5 Å². The number of aromatic hydroxyl groups is 1. The van der Waals surface area contributed by atoms with Gasteiger partial charge in [-0.1, -0.05) is 6.07 Å². The van der Waals surface area contributed by atoms with Gasteiger partial charge in [-0.05, 0) is 43.1 Å². The summed E-state index contributed by atoms with van der Waals surface area (Å²) in [6.07, 6.45) is 6.13. The zero-order valence-corrected chi connectivity index (χ0v) is 14.1. The molecule has 6 nitrogen and oxygen atoms in total. The van der Waals surface area contributed by atoms with Crippen LogP contribution in [0.3, 0.4) is 0 Å². The second-order valence-electron chi connectivity index (χ2n) is 6.31. The van der Waals surface area contributed by atoms with E-state index < -0.39 is 0 Å². The lowest BCUT2D eigenvalue weighted by molar-refractivity contribution is 0.0635. The Bertz CT molecular complexity index is 690. The van der Waals surface area contributed by atoms with Gasteiger partial charge in [0.05, 0.1) is 6.20 Å². The Morgan fingerprint density at radius 2 is 2.04 bits per heavy atom. The first kappa shape index (κ1) is 16.5. The molecular weight excluding hydrogens is 304 g/mol. The highest BCUT2D eigenvalue weighted by Crippen LogP contribution is 2.14. The van der Waals surface area contributed by atoms with Crippen molar-refractivity contribution in [2.75, 3.05) is 32.7 Å². The molecule has 1 saturated heterocycles. The second-order valence-corrected chi connectivity index (χ2v) is 6.31. The third-order valence-electron chi connectivity index (χ3n) is 4.45. The average Bonchev–Trinajstić information content (AvgIpc) is 3.00. The van der Waals surface area contributed by atoms with Gasteiger partial charge in [-0.2, -0.15) is 5.10 Å². The van der Waals surface area contributed by atoms with Gasteiger partial charge in [-0.3, -0.25) is 14.4 Å². The zero-order valence-electron chi connectivity index (χ0n) is 14.1. The van der Waals surface area contributed by atoms with Crippen molar-refractivity contribution in [2.45, 2.75) is 12.8 Å². The van der Waals surface area contributed by atoms with Crippen LogP contribution in [0.4, 0.5) is 0 Å². The number of benzene rings is 1. The fourth-order valence-corrected chi connectivity index (χ4v) is 3.10. The number of phenolic OH excluding ortho intramolecular Hbond substituents is 1. The number of carbonyl (C=O) groups excluding carboxylic acids is 1. The Balaban J connectivity index is 1.43. The number of aromatic nitrogens is 2. The van der Waals surface area contributed by atoms with Gasteiger partial charge >= 0.3 is 0 Å². The SMILES string of the molecule is Cn1cc(CCCN2CCN(C(=O)c3cccc(O)c3)CC2)cn1. The third kappa shape index (κ3) is 4.14. The number of phenols is 1. The maximum atomic E-state index is 12.4. The quantitative estimate of drug-likeness (QED) is 0.904. The molecule has 0 bridgehead atoms. The molecule has 1 fully saturated rings. The number of carbonyl (C=O) groups is 1. The Morgan fingerprint density at radius 3 is 2.71 bits per heavy atom. The minimum Gasteiger partial charge on any atom is -0.508 e. The van der Waals surface area contributed by atoms with Crippen LogP contribution in [-0.4, -0.2) is 63.3 Å². The van der Waals surface area contributed by atoms with Crippen molar-refractivity contribution in [3.8, 4) is 5.75 Å². The largest absolute Gasteiger partial charge is 0.508 e. The predicted octanol–water partition coefficient (Wildman–Crippen LogP) is 1.52. The summed E-state index contributed by atoms with van der Waals surface area (Å²) in [5.74, 6) is 0.135. The molecule has 1 amide bonds. The van der Waals surface area contributed by atoms with E-state index >= 15 is 0 Å². The monoisotopic (exact) mass is 328 g/mol. The summed E-state index contributed by atoms with van der Waals surface area (Å²) in [6.45, 7) is 4.32. The van der Waals surface area contributed by atoms with Gasteiger partial charge in [-0.15, -0.1) is 0 Å². The molecule has 1 aromatic carbocycles. The first-order valence-electron chi connectivity index (χ1n) is 8.40. The molecule has 6 heteroatoms. The second kappa shape index (κ2) is 7.49. The fourth-order valence-electron chi connectivity index (χ4n) is 3.10. The van der Waals surface area contributed by atoms with E-state index in [2.05, 4.69) is 16.2 Å². The molecule has 2 heterocycles. The summed E-state index contributed by atoms with van der Waals surface area (Å²) in [7, 11) is 1.94. The standard InChI is InChI=1S/C18H24N4O2/c1-20-14-15(13-19-20)4-3-7-21-8-10-22(11-9-21)18(24)16-5-2-6-17(23)12-16/h2,5-6,12-14,23H,3-4,7-11H2,1H3. The van der Waals surface area contributed by atoms with Gasteiger partial charge < -0.3 is 10.0 Å². The molecule has 0 aliphatic carbocycles. The lowest BCUT2D eigenvalue weighted by Gasteiger charge is -2.34. The zero-order chi connectivity index (χ0) is 16.9.